The predicted molar refractivity (Wildman–Crippen MR) is 101 cm³/mol. The molecule has 128 valence electrons. The van der Waals surface area contributed by atoms with E-state index >= 15 is 0 Å². The van der Waals surface area contributed by atoms with Crippen LogP contribution in [0.5, 0.6) is 5.75 Å². The van der Waals surface area contributed by atoms with Crippen LogP contribution >= 0.6 is 15.9 Å². The first kappa shape index (κ1) is 18.5. The number of carbonyl (C=O) groups excluding carboxylic acids is 1. The van der Waals surface area contributed by atoms with Gasteiger partial charge in [0.25, 0.3) is 5.91 Å². The quantitative estimate of drug-likeness (QED) is 0.779. The van der Waals surface area contributed by atoms with E-state index in [1.165, 1.54) is 16.7 Å². The molecule has 2 aromatic carbocycles. The van der Waals surface area contributed by atoms with Gasteiger partial charge in [-0.1, -0.05) is 28.1 Å². The van der Waals surface area contributed by atoms with Crippen molar-refractivity contribution < 1.29 is 9.53 Å². The van der Waals surface area contributed by atoms with Gasteiger partial charge in [-0.3, -0.25) is 4.79 Å². The van der Waals surface area contributed by atoms with Crippen molar-refractivity contribution in [3.8, 4) is 5.75 Å². The molecule has 0 spiro atoms. The summed E-state index contributed by atoms with van der Waals surface area (Å²) in [4.78, 5) is 12.4. The van der Waals surface area contributed by atoms with Crippen LogP contribution < -0.4 is 10.1 Å². The lowest BCUT2D eigenvalue weighted by atomic mass is 9.96. The number of carbonyl (C=O) groups is 1. The van der Waals surface area contributed by atoms with Crippen LogP contribution in [0.2, 0.25) is 0 Å². The summed E-state index contributed by atoms with van der Waals surface area (Å²) < 4.78 is 6.69. The van der Waals surface area contributed by atoms with E-state index in [1.807, 2.05) is 31.2 Å². The molecule has 0 saturated carbocycles. The van der Waals surface area contributed by atoms with Crippen molar-refractivity contribution in [1.29, 1.82) is 0 Å². The molecule has 24 heavy (non-hydrogen) atoms. The fraction of sp³-hybridized carbons (Fsp3) is 0.350. The molecule has 0 aliphatic heterocycles. The van der Waals surface area contributed by atoms with Crippen LogP contribution in [-0.4, -0.2) is 12.0 Å². The van der Waals surface area contributed by atoms with Gasteiger partial charge in [0.15, 0.2) is 6.10 Å². The molecule has 0 radical (unpaired) electrons. The number of halogens is 1. The van der Waals surface area contributed by atoms with E-state index in [0.717, 1.165) is 10.0 Å². The maximum atomic E-state index is 12.4. The average molecular weight is 390 g/mol. The van der Waals surface area contributed by atoms with Crippen LogP contribution in [-0.2, 0) is 4.79 Å². The van der Waals surface area contributed by atoms with Crippen molar-refractivity contribution in [3.63, 3.8) is 0 Å². The highest BCUT2D eigenvalue weighted by Gasteiger charge is 2.19. The zero-order valence-electron chi connectivity index (χ0n) is 14.8. The van der Waals surface area contributed by atoms with Crippen LogP contribution in [0, 0.1) is 20.8 Å². The maximum Gasteiger partial charge on any atom is 0.261 e. The SMILES string of the molecule is Cc1cc(C)c([C@@H](C)NC(=O)[C@H](C)Oc2ccc(Br)cc2)cc1C. The molecule has 1 N–H and O–H groups in total. The summed E-state index contributed by atoms with van der Waals surface area (Å²) in [6.45, 7) is 10.0. The summed E-state index contributed by atoms with van der Waals surface area (Å²) in [5, 5.41) is 3.04. The Morgan fingerprint density at radius 1 is 1.00 bits per heavy atom. The third kappa shape index (κ3) is 4.60. The van der Waals surface area contributed by atoms with Gasteiger partial charge in [0.05, 0.1) is 6.04 Å². The Morgan fingerprint density at radius 2 is 1.58 bits per heavy atom. The van der Waals surface area contributed by atoms with E-state index in [-0.39, 0.29) is 11.9 Å². The third-order valence-corrected chi connectivity index (χ3v) is 4.73. The van der Waals surface area contributed by atoms with Crippen LogP contribution in [0.1, 0.15) is 42.1 Å². The number of rotatable bonds is 5. The zero-order valence-corrected chi connectivity index (χ0v) is 16.4. The molecule has 0 bridgehead atoms. The highest BCUT2D eigenvalue weighted by Crippen LogP contribution is 2.22. The molecule has 2 atom stereocenters. The summed E-state index contributed by atoms with van der Waals surface area (Å²) >= 11 is 3.38. The standard InChI is InChI=1S/C20H24BrNO2/c1-12-10-14(3)19(11-13(12)2)15(4)22-20(23)16(5)24-18-8-6-17(21)7-9-18/h6-11,15-16H,1-5H3,(H,22,23)/t15-,16+/m1/s1. The summed E-state index contributed by atoms with van der Waals surface area (Å²) in [6, 6.07) is 11.7. The van der Waals surface area contributed by atoms with Crippen molar-refractivity contribution in [2.24, 2.45) is 0 Å². The number of nitrogens with one attached hydrogen (secondary N) is 1. The van der Waals surface area contributed by atoms with E-state index in [2.05, 4.69) is 54.2 Å². The van der Waals surface area contributed by atoms with Gasteiger partial charge in [-0.05, 0) is 81.1 Å². The van der Waals surface area contributed by atoms with Crippen LogP contribution in [0.25, 0.3) is 0 Å². The third-order valence-electron chi connectivity index (χ3n) is 4.20. The molecule has 0 saturated heterocycles. The fourth-order valence-electron chi connectivity index (χ4n) is 2.63. The summed E-state index contributed by atoms with van der Waals surface area (Å²) in [5.41, 5.74) is 4.83. The largest absolute Gasteiger partial charge is 0.481 e. The van der Waals surface area contributed by atoms with Crippen molar-refractivity contribution >= 4 is 21.8 Å². The molecule has 1 amide bonds. The Labute approximate surface area is 152 Å². The monoisotopic (exact) mass is 389 g/mol. The molecule has 0 aromatic heterocycles. The maximum absolute atomic E-state index is 12.4. The summed E-state index contributed by atoms with van der Waals surface area (Å²) in [6.07, 6.45) is -0.555. The molecule has 0 aliphatic rings. The molecular weight excluding hydrogens is 366 g/mol. The molecule has 0 fully saturated rings. The second-order valence-electron chi connectivity index (χ2n) is 6.24. The number of hydrogen-bond donors (Lipinski definition) is 1. The van der Waals surface area contributed by atoms with Gasteiger partial charge in [0.2, 0.25) is 0 Å². The highest BCUT2D eigenvalue weighted by molar-refractivity contribution is 9.10. The van der Waals surface area contributed by atoms with Crippen LogP contribution in [0.3, 0.4) is 0 Å². The van der Waals surface area contributed by atoms with Crippen molar-refractivity contribution in [2.75, 3.05) is 0 Å². The van der Waals surface area contributed by atoms with E-state index in [9.17, 15) is 4.79 Å². The van der Waals surface area contributed by atoms with Crippen LogP contribution in [0.15, 0.2) is 40.9 Å². The Morgan fingerprint density at radius 3 is 2.21 bits per heavy atom. The minimum atomic E-state index is -0.555. The van der Waals surface area contributed by atoms with Gasteiger partial charge in [-0.15, -0.1) is 0 Å². The Balaban J connectivity index is 2.03. The second kappa shape index (κ2) is 7.84. The lowest BCUT2D eigenvalue weighted by Crippen LogP contribution is -2.38. The lowest BCUT2D eigenvalue weighted by molar-refractivity contribution is -0.127. The van der Waals surface area contributed by atoms with E-state index < -0.39 is 6.10 Å². The number of aryl methyl sites for hydroxylation is 3. The van der Waals surface area contributed by atoms with Crippen LogP contribution in [0.4, 0.5) is 0 Å². The second-order valence-corrected chi connectivity index (χ2v) is 7.15. The average Bonchev–Trinajstić information content (AvgIpc) is 2.52. The van der Waals surface area contributed by atoms with E-state index in [1.54, 1.807) is 6.92 Å². The first-order valence-electron chi connectivity index (χ1n) is 8.08. The van der Waals surface area contributed by atoms with E-state index in [0.29, 0.717) is 5.75 Å². The van der Waals surface area contributed by atoms with Crippen molar-refractivity contribution in [2.45, 2.75) is 46.8 Å². The smallest absolute Gasteiger partial charge is 0.261 e. The minimum absolute atomic E-state index is 0.0623. The summed E-state index contributed by atoms with van der Waals surface area (Å²) in [5.74, 6) is 0.555. The molecule has 3 nitrogen and oxygen atoms in total. The predicted octanol–water partition coefficient (Wildman–Crippen LogP) is 5.02. The van der Waals surface area contributed by atoms with E-state index in [4.69, 9.17) is 4.74 Å². The van der Waals surface area contributed by atoms with Crippen molar-refractivity contribution in [1.82, 2.24) is 5.32 Å². The number of hydrogen-bond acceptors (Lipinski definition) is 2. The summed E-state index contributed by atoms with van der Waals surface area (Å²) in [7, 11) is 0. The number of amides is 1. The van der Waals surface area contributed by atoms with Gasteiger partial charge in [0, 0.05) is 4.47 Å². The molecule has 2 rings (SSSR count). The van der Waals surface area contributed by atoms with Gasteiger partial charge in [-0.2, -0.15) is 0 Å². The molecule has 0 aliphatic carbocycles. The Kier molecular flexibility index (Phi) is 6.05. The Bertz CT molecular complexity index is 725. The zero-order chi connectivity index (χ0) is 17.9. The minimum Gasteiger partial charge on any atom is -0.481 e. The van der Waals surface area contributed by atoms with Gasteiger partial charge >= 0.3 is 0 Å². The lowest BCUT2D eigenvalue weighted by Gasteiger charge is -2.21. The molecule has 2 aromatic rings. The fourth-order valence-corrected chi connectivity index (χ4v) is 2.89. The number of ether oxygens (including phenoxy) is 1. The van der Waals surface area contributed by atoms with Crippen molar-refractivity contribution in [3.05, 3.63) is 63.1 Å². The first-order valence-corrected chi connectivity index (χ1v) is 8.87. The first-order chi connectivity index (χ1) is 11.3. The molecule has 0 heterocycles. The normalized spacial score (nSPS) is 13.2. The highest BCUT2D eigenvalue weighted by atomic mass is 79.9. The Hall–Kier alpha value is -1.81. The topological polar surface area (TPSA) is 38.3 Å². The van der Waals surface area contributed by atoms with Gasteiger partial charge < -0.3 is 10.1 Å². The number of benzene rings is 2. The molecular formula is C20H24BrNO2. The van der Waals surface area contributed by atoms with Gasteiger partial charge in [0.1, 0.15) is 5.75 Å². The van der Waals surface area contributed by atoms with Gasteiger partial charge in [-0.25, -0.2) is 0 Å². The molecule has 0 unspecified atom stereocenters. The molecule has 4 heteroatoms.